The van der Waals surface area contributed by atoms with E-state index in [4.69, 9.17) is 0 Å². The third-order valence-corrected chi connectivity index (χ3v) is 4.59. The molecule has 2 amide bonds. The Hall–Kier alpha value is -2.40. The molecule has 5 heteroatoms. The Balaban J connectivity index is 2.14. The van der Waals surface area contributed by atoms with Gasteiger partial charge < -0.3 is 4.90 Å². The molecule has 3 rings (SSSR count). The highest BCUT2D eigenvalue weighted by atomic mass is 32.1. The minimum atomic E-state index is -0.234. The minimum Gasteiger partial charge on any atom is -0.339 e. The van der Waals surface area contributed by atoms with Gasteiger partial charge in [-0.3, -0.25) is 14.5 Å². The van der Waals surface area contributed by atoms with Gasteiger partial charge in [0.2, 0.25) is 0 Å². The molecule has 0 N–H and O–H groups in total. The summed E-state index contributed by atoms with van der Waals surface area (Å²) in [5, 5.41) is 1.91. The molecule has 4 nitrogen and oxygen atoms in total. The highest BCUT2D eigenvalue weighted by Gasteiger charge is 2.40. The quantitative estimate of drug-likeness (QED) is 0.815. The zero-order valence-electron chi connectivity index (χ0n) is 12.4. The molecule has 22 heavy (non-hydrogen) atoms. The van der Waals surface area contributed by atoms with E-state index in [0.29, 0.717) is 17.8 Å². The third-order valence-electron chi connectivity index (χ3n) is 3.71. The van der Waals surface area contributed by atoms with Gasteiger partial charge in [0.1, 0.15) is 5.70 Å². The first-order valence-corrected chi connectivity index (χ1v) is 7.96. The summed E-state index contributed by atoms with van der Waals surface area (Å²) in [6.07, 6.45) is 0. The molecule has 0 radical (unpaired) electrons. The van der Waals surface area contributed by atoms with E-state index >= 15 is 0 Å². The summed E-state index contributed by atoms with van der Waals surface area (Å²) >= 11 is 1.47. The monoisotopic (exact) mass is 312 g/mol. The van der Waals surface area contributed by atoms with Crippen LogP contribution in [0.2, 0.25) is 0 Å². The molecule has 0 unspecified atom stereocenters. The molecule has 0 bridgehead atoms. The number of likely N-dealkylation sites (N-methyl/N-ethyl adjacent to an activating group) is 2. The predicted molar refractivity (Wildman–Crippen MR) is 88.5 cm³/mol. The second-order valence-corrected chi connectivity index (χ2v) is 5.90. The van der Waals surface area contributed by atoms with Crippen LogP contribution in [0.3, 0.4) is 0 Å². The van der Waals surface area contributed by atoms with E-state index in [9.17, 15) is 9.59 Å². The van der Waals surface area contributed by atoms with Crippen molar-refractivity contribution in [3.63, 3.8) is 0 Å². The molecule has 0 saturated heterocycles. The molecular formula is C17H16N2O2S. The van der Waals surface area contributed by atoms with Crippen molar-refractivity contribution in [1.29, 1.82) is 0 Å². The van der Waals surface area contributed by atoms with E-state index in [1.54, 1.807) is 4.90 Å². The lowest BCUT2D eigenvalue weighted by Gasteiger charge is -2.21. The molecule has 0 spiro atoms. The molecule has 112 valence electrons. The van der Waals surface area contributed by atoms with E-state index in [2.05, 4.69) is 0 Å². The standard InChI is InChI=1S/C17H16N2O2S/c1-3-19-16(20)14(13-10-7-11-22-13)15(17(19)21)18(2)12-8-5-4-6-9-12/h4-11H,3H2,1-2H3. The lowest BCUT2D eigenvalue weighted by Crippen LogP contribution is -2.33. The molecule has 1 aromatic carbocycles. The first-order valence-electron chi connectivity index (χ1n) is 7.08. The first-order chi connectivity index (χ1) is 10.6. The minimum absolute atomic E-state index is 0.215. The maximum absolute atomic E-state index is 12.7. The van der Waals surface area contributed by atoms with Crippen molar-refractivity contribution in [2.24, 2.45) is 0 Å². The average Bonchev–Trinajstić information content (AvgIpc) is 3.14. The van der Waals surface area contributed by atoms with Gasteiger partial charge in [-0.2, -0.15) is 0 Å². The summed E-state index contributed by atoms with van der Waals surface area (Å²) in [4.78, 5) is 29.2. The van der Waals surface area contributed by atoms with Crippen LogP contribution >= 0.6 is 11.3 Å². The fourth-order valence-corrected chi connectivity index (χ4v) is 3.35. The Morgan fingerprint density at radius 2 is 1.77 bits per heavy atom. The van der Waals surface area contributed by atoms with Crippen LogP contribution in [0.25, 0.3) is 5.57 Å². The van der Waals surface area contributed by atoms with Crippen molar-refractivity contribution in [2.45, 2.75) is 6.92 Å². The number of carbonyl (C=O) groups is 2. The Labute approximate surface area is 133 Å². The number of carbonyl (C=O) groups excluding carboxylic acids is 2. The number of para-hydroxylation sites is 1. The van der Waals surface area contributed by atoms with Crippen LogP contribution in [-0.2, 0) is 9.59 Å². The van der Waals surface area contributed by atoms with Gasteiger partial charge in [0, 0.05) is 24.2 Å². The molecule has 0 saturated carbocycles. The van der Waals surface area contributed by atoms with Gasteiger partial charge >= 0.3 is 0 Å². The summed E-state index contributed by atoms with van der Waals surface area (Å²) < 4.78 is 0. The van der Waals surface area contributed by atoms with E-state index in [-0.39, 0.29) is 11.8 Å². The number of hydrogen-bond acceptors (Lipinski definition) is 4. The van der Waals surface area contributed by atoms with Crippen molar-refractivity contribution in [2.75, 3.05) is 18.5 Å². The van der Waals surface area contributed by atoms with Gasteiger partial charge in [-0.25, -0.2) is 0 Å². The highest BCUT2D eigenvalue weighted by Crippen LogP contribution is 2.34. The van der Waals surface area contributed by atoms with Gasteiger partial charge in [0.05, 0.1) is 5.57 Å². The van der Waals surface area contributed by atoms with Crippen LogP contribution in [0, 0.1) is 0 Å². The number of hydrogen-bond donors (Lipinski definition) is 0. The highest BCUT2D eigenvalue weighted by molar-refractivity contribution is 7.11. The zero-order valence-corrected chi connectivity index (χ0v) is 13.3. The lowest BCUT2D eigenvalue weighted by molar-refractivity contribution is -0.136. The smallest absolute Gasteiger partial charge is 0.278 e. The molecule has 0 aliphatic carbocycles. The summed E-state index contributed by atoms with van der Waals surface area (Å²) in [6, 6.07) is 13.4. The van der Waals surface area contributed by atoms with Crippen LogP contribution in [0.15, 0.2) is 53.5 Å². The molecule has 0 fully saturated rings. The average molecular weight is 312 g/mol. The van der Waals surface area contributed by atoms with Crippen molar-refractivity contribution >= 4 is 34.4 Å². The van der Waals surface area contributed by atoms with Crippen LogP contribution < -0.4 is 4.90 Å². The van der Waals surface area contributed by atoms with E-state index in [1.807, 2.05) is 61.8 Å². The Morgan fingerprint density at radius 3 is 2.36 bits per heavy atom. The summed E-state index contributed by atoms with van der Waals surface area (Å²) in [5.41, 5.74) is 1.82. The number of nitrogens with zero attached hydrogens (tertiary/aromatic N) is 2. The van der Waals surface area contributed by atoms with E-state index in [0.717, 1.165) is 10.6 Å². The number of imide groups is 1. The molecule has 1 aromatic heterocycles. The van der Waals surface area contributed by atoms with Crippen molar-refractivity contribution in [1.82, 2.24) is 4.90 Å². The lowest BCUT2D eigenvalue weighted by atomic mass is 10.1. The predicted octanol–water partition coefficient (Wildman–Crippen LogP) is 2.98. The van der Waals surface area contributed by atoms with Crippen molar-refractivity contribution in [3.05, 3.63) is 58.4 Å². The number of anilines is 1. The van der Waals surface area contributed by atoms with Gasteiger partial charge in [0.25, 0.3) is 11.8 Å². The van der Waals surface area contributed by atoms with Gasteiger partial charge in [-0.15, -0.1) is 11.3 Å². The second-order valence-electron chi connectivity index (χ2n) is 4.95. The maximum Gasteiger partial charge on any atom is 0.278 e. The van der Waals surface area contributed by atoms with Crippen molar-refractivity contribution in [3.8, 4) is 0 Å². The SMILES string of the molecule is CCN1C(=O)C(c2cccs2)=C(N(C)c2ccccc2)C1=O. The molecule has 2 aromatic rings. The summed E-state index contributed by atoms with van der Waals surface area (Å²) in [7, 11) is 1.82. The van der Waals surface area contributed by atoms with Gasteiger partial charge in [0.15, 0.2) is 0 Å². The fraction of sp³-hybridized carbons (Fsp3) is 0.176. The summed E-state index contributed by atoms with van der Waals surface area (Å²) in [6.45, 7) is 2.19. The van der Waals surface area contributed by atoms with Crippen LogP contribution in [0.4, 0.5) is 5.69 Å². The number of thiophene rings is 1. The Morgan fingerprint density at radius 1 is 1.05 bits per heavy atom. The molecular weight excluding hydrogens is 296 g/mol. The number of amides is 2. The maximum atomic E-state index is 12.7. The topological polar surface area (TPSA) is 40.6 Å². The molecule has 0 atom stereocenters. The van der Waals surface area contributed by atoms with E-state index in [1.165, 1.54) is 16.2 Å². The third kappa shape index (κ3) is 2.23. The number of benzene rings is 1. The second kappa shape index (κ2) is 5.77. The molecule has 2 heterocycles. The summed E-state index contributed by atoms with van der Waals surface area (Å²) in [5.74, 6) is -0.449. The zero-order chi connectivity index (χ0) is 15.7. The molecule has 1 aliphatic rings. The number of rotatable bonds is 4. The van der Waals surface area contributed by atoms with E-state index < -0.39 is 0 Å². The van der Waals surface area contributed by atoms with Crippen LogP contribution in [-0.4, -0.2) is 30.3 Å². The Bertz CT molecular complexity index is 735. The van der Waals surface area contributed by atoms with Gasteiger partial charge in [-0.05, 0) is 30.5 Å². The van der Waals surface area contributed by atoms with Crippen molar-refractivity contribution < 1.29 is 9.59 Å². The van der Waals surface area contributed by atoms with Gasteiger partial charge in [-0.1, -0.05) is 24.3 Å². The van der Waals surface area contributed by atoms with Crippen LogP contribution in [0.5, 0.6) is 0 Å². The fourth-order valence-electron chi connectivity index (χ4n) is 2.59. The largest absolute Gasteiger partial charge is 0.339 e. The Kier molecular flexibility index (Phi) is 3.81. The molecule has 1 aliphatic heterocycles. The first kappa shape index (κ1) is 14.5. The normalized spacial score (nSPS) is 14.9. The van der Waals surface area contributed by atoms with Crippen LogP contribution in [0.1, 0.15) is 11.8 Å².